The fraction of sp³-hybridized carbons (Fsp3) is 0.385. The van der Waals surface area contributed by atoms with Crippen LogP contribution < -0.4 is 5.56 Å². The van der Waals surface area contributed by atoms with Crippen molar-refractivity contribution >= 4 is 22.7 Å². The molecule has 0 fully saturated rings. The molecule has 0 radical (unpaired) electrons. The Bertz CT molecular complexity index is 584. The van der Waals surface area contributed by atoms with Gasteiger partial charge in [-0.25, -0.2) is 4.98 Å². The molecule has 0 amide bonds. The fourth-order valence-electron chi connectivity index (χ4n) is 1.42. The van der Waals surface area contributed by atoms with Crippen molar-refractivity contribution in [3.63, 3.8) is 0 Å². The summed E-state index contributed by atoms with van der Waals surface area (Å²) in [5.74, 6) is 0.925. The smallest absolute Gasteiger partial charge is 0.259 e. The largest absolute Gasteiger partial charge is 0.301 e. The molecule has 0 aliphatic carbocycles. The lowest BCUT2D eigenvalue weighted by Gasteiger charge is -2.16. The van der Waals surface area contributed by atoms with Crippen molar-refractivity contribution in [2.45, 2.75) is 25.9 Å². The fourth-order valence-corrected chi connectivity index (χ4v) is 2.32. The van der Waals surface area contributed by atoms with Gasteiger partial charge in [-0.05, 0) is 17.5 Å². The summed E-state index contributed by atoms with van der Waals surface area (Å²) < 4.78 is 0. The molecule has 0 bridgehead atoms. The molecule has 17 heavy (non-hydrogen) atoms. The summed E-state index contributed by atoms with van der Waals surface area (Å²) in [6, 6.07) is 7.40. The maximum atomic E-state index is 11.8. The molecule has 1 aromatic heterocycles. The minimum absolute atomic E-state index is 0.0630. The molecular weight excluding hydrogens is 232 g/mol. The van der Waals surface area contributed by atoms with E-state index in [9.17, 15) is 4.79 Å². The Balaban J connectivity index is 2.34. The number of fused-ring (bicyclic) bond motifs is 1. The van der Waals surface area contributed by atoms with Crippen LogP contribution in [0.15, 0.2) is 34.2 Å². The summed E-state index contributed by atoms with van der Waals surface area (Å²) in [4.78, 5) is 19.1. The standard InChI is InChI=1S/C13H16N2OS/c1-13(2,3)8-17-12-14-10-7-5-4-6-9(10)11(16)15-12/h4-7H,8H2,1-3H3,(H,14,15,16). The average Bonchev–Trinajstić information content (AvgIpc) is 2.26. The summed E-state index contributed by atoms with van der Waals surface area (Å²) in [5, 5.41) is 1.34. The molecule has 0 saturated heterocycles. The van der Waals surface area contributed by atoms with E-state index < -0.39 is 0 Å². The van der Waals surface area contributed by atoms with E-state index in [4.69, 9.17) is 0 Å². The Morgan fingerprint density at radius 2 is 2.00 bits per heavy atom. The van der Waals surface area contributed by atoms with Crippen LogP contribution in [0.4, 0.5) is 0 Å². The average molecular weight is 248 g/mol. The number of nitrogens with zero attached hydrogens (tertiary/aromatic N) is 1. The zero-order valence-electron chi connectivity index (χ0n) is 10.3. The van der Waals surface area contributed by atoms with E-state index in [-0.39, 0.29) is 11.0 Å². The summed E-state index contributed by atoms with van der Waals surface area (Å²) in [6.45, 7) is 6.50. The lowest BCUT2D eigenvalue weighted by Crippen LogP contribution is -2.12. The Labute approximate surface area is 105 Å². The summed E-state index contributed by atoms with van der Waals surface area (Å²) in [7, 11) is 0. The highest BCUT2D eigenvalue weighted by Crippen LogP contribution is 2.24. The summed E-state index contributed by atoms with van der Waals surface area (Å²) >= 11 is 1.59. The van der Waals surface area contributed by atoms with E-state index in [0.29, 0.717) is 10.5 Å². The van der Waals surface area contributed by atoms with E-state index in [1.807, 2.05) is 18.2 Å². The van der Waals surface area contributed by atoms with Gasteiger partial charge in [-0.15, -0.1) is 0 Å². The van der Waals surface area contributed by atoms with Crippen molar-refractivity contribution in [3.8, 4) is 0 Å². The minimum Gasteiger partial charge on any atom is -0.301 e. The van der Waals surface area contributed by atoms with Crippen LogP contribution in [0, 0.1) is 5.41 Å². The summed E-state index contributed by atoms with van der Waals surface area (Å²) in [6.07, 6.45) is 0. The predicted octanol–water partition coefficient (Wildman–Crippen LogP) is 3.06. The van der Waals surface area contributed by atoms with Gasteiger partial charge in [-0.2, -0.15) is 0 Å². The monoisotopic (exact) mass is 248 g/mol. The van der Waals surface area contributed by atoms with Crippen LogP contribution >= 0.6 is 11.8 Å². The number of para-hydroxylation sites is 1. The first-order valence-corrected chi connectivity index (χ1v) is 6.56. The molecule has 1 heterocycles. The van der Waals surface area contributed by atoms with Gasteiger partial charge < -0.3 is 4.98 Å². The Morgan fingerprint density at radius 3 is 2.71 bits per heavy atom. The van der Waals surface area contributed by atoms with E-state index in [0.717, 1.165) is 11.3 Å². The molecule has 0 aliphatic heterocycles. The molecule has 1 N–H and O–H groups in total. The third-order valence-corrected chi connectivity index (χ3v) is 3.71. The Morgan fingerprint density at radius 1 is 1.29 bits per heavy atom. The SMILES string of the molecule is CC(C)(C)CSc1nc2ccccc2c(=O)[nH]1. The van der Waals surface area contributed by atoms with Crippen molar-refractivity contribution in [2.75, 3.05) is 5.75 Å². The molecule has 0 aliphatic rings. The quantitative estimate of drug-likeness (QED) is 0.656. The van der Waals surface area contributed by atoms with E-state index in [2.05, 4.69) is 30.7 Å². The third-order valence-electron chi connectivity index (χ3n) is 2.23. The number of rotatable bonds is 2. The second-order valence-electron chi connectivity index (χ2n) is 5.24. The highest BCUT2D eigenvalue weighted by molar-refractivity contribution is 7.99. The second kappa shape index (κ2) is 4.53. The molecule has 4 heteroatoms. The molecule has 2 aromatic rings. The molecule has 0 unspecified atom stereocenters. The van der Waals surface area contributed by atoms with Crippen molar-refractivity contribution in [1.82, 2.24) is 9.97 Å². The van der Waals surface area contributed by atoms with Crippen molar-refractivity contribution < 1.29 is 0 Å². The van der Waals surface area contributed by atoms with Gasteiger partial charge in [0.1, 0.15) is 0 Å². The minimum atomic E-state index is -0.0630. The number of hydrogen-bond donors (Lipinski definition) is 1. The van der Waals surface area contributed by atoms with Crippen molar-refractivity contribution in [2.24, 2.45) is 5.41 Å². The van der Waals surface area contributed by atoms with Gasteiger partial charge in [0.25, 0.3) is 5.56 Å². The van der Waals surface area contributed by atoms with Gasteiger partial charge in [-0.1, -0.05) is 44.7 Å². The maximum absolute atomic E-state index is 11.8. The molecule has 1 aromatic carbocycles. The number of H-pyrrole nitrogens is 1. The van der Waals surface area contributed by atoms with Gasteiger partial charge in [0.05, 0.1) is 10.9 Å². The van der Waals surface area contributed by atoms with Gasteiger partial charge >= 0.3 is 0 Å². The number of aromatic amines is 1. The molecule has 90 valence electrons. The van der Waals surface area contributed by atoms with Crippen LogP contribution in [0.3, 0.4) is 0 Å². The first-order valence-electron chi connectivity index (χ1n) is 5.58. The second-order valence-corrected chi connectivity index (χ2v) is 6.20. The highest BCUT2D eigenvalue weighted by Gasteiger charge is 2.12. The van der Waals surface area contributed by atoms with Crippen LogP contribution in [0.5, 0.6) is 0 Å². The van der Waals surface area contributed by atoms with Crippen molar-refractivity contribution in [3.05, 3.63) is 34.6 Å². The lowest BCUT2D eigenvalue weighted by atomic mass is 10.0. The molecular formula is C13H16N2OS. The summed E-state index contributed by atoms with van der Waals surface area (Å²) in [5.41, 5.74) is 0.911. The van der Waals surface area contributed by atoms with E-state index >= 15 is 0 Å². The molecule has 0 atom stereocenters. The number of hydrogen-bond acceptors (Lipinski definition) is 3. The molecule has 0 spiro atoms. The number of benzene rings is 1. The topological polar surface area (TPSA) is 45.8 Å². The first-order chi connectivity index (χ1) is 7.96. The zero-order chi connectivity index (χ0) is 12.5. The molecule has 3 nitrogen and oxygen atoms in total. The Hall–Kier alpha value is -1.29. The van der Waals surface area contributed by atoms with Crippen LogP contribution in [0.1, 0.15) is 20.8 Å². The van der Waals surface area contributed by atoms with Crippen molar-refractivity contribution in [1.29, 1.82) is 0 Å². The number of thioether (sulfide) groups is 1. The number of nitrogens with one attached hydrogen (secondary N) is 1. The van der Waals surface area contributed by atoms with Gasteiger partial charge in [0, 0.05) is 5.75 Å². The van der Waals surface area contributed by atoms with E-state index in [1.165, 1.54) is 0 Å². The lowest BCUT2D eigenvalue weighted by molar-refractivity contribution is 0.480. The van der Waals surface area contributed by atoms with Crippen LogP contribution in [-0.4, -0.2) is 15.7 Å². The normalized spacial score (nSPS) is 11.9. The third kappa shape index (κ3) is 3.09. The van der Waals surface area contributed by atoms with Gasteiger partial charge in [0.15, 0.2) is 5.16 Å². The van der Waals surface area contributed by atoms with Gasteiger partial charge in [0.2, 0.25) is 0 Å². The Kier molecular flexibility index (Phi) is 3.24. The molecule has 0 saturated carbocycles. The first kappa shape index (κ1) is 12.2. The zero-order valence-corrected chi connectivity index (χ0v) is 11.1. The predicted molar refractivity (Wildman–Crippen MR) is 72.5 cm³/mol. The van der Waals surface area contributed by atoms with Gasteiger partial charge in [-0.3, -0.25) is 4.79 Å². The highest BCUT2D eigenvalue weighted by atomic mass is 32.2. The number of aromatic nitrogens is 2. The van der Waals surface area contributed by atoms with Crippen LogP contribution in [-0.2, 0) is 0 Å². The van der Waals surface area contributed by atoms with Crippen LogP contribution in [0.25, 0.3) is 10.9 Å². The van der Waals surface area contributed by atoms with Crippen LogP contribution in [0.2, 0.25) is 0 Å². The molecule has 2 rings (SSSR count). The maximum Gasteiger partial charge on any atom is 0.259 e. The van der Waals surface area contributed by atoms with E-state index in [1.54, 1.807) is 17.8 Å².